The van der Waals surface area contributed by atoms with E-state index in [0.717, 1.165) is 17.8 Å². The lowest BCUT2D eigenvalue weighted by molar-refractivity contribution is -0.110. The number of piperidine rings is 1. The Balaban J connectivity index is 1.67. The zero-order chi connectivity index (χ0) is 11.5. The Labute approximate surface area is 106 Å². The van der Waals surface area contributed by atoms with E-state index in [2.05, 4.69) is 12.2 Å². The molecule has 1 saturated heterocycles. The quantitative estimate of drug-likeness (QED) is 0.727. The van der Waals surface area contributed by atoms with E-state index in [1.54, 1.807) is 38.5 Å². The molecule has 0 aromatic heterocycles. The van der Waals surface area contributed by atoms with Crippen molar-refractivity contribution in [2.24, 2.45) is 23.2 Å². The van der Waals surface area contributed by atoms with Crippen LogP contribution >= 0.6 is 0 Å². The Morgan fingerprint density at radius 1 is 0.882 bits per heavy atom. The highest BCUT2D eigenvalue weighted by atomic mass is 15.0. The van der Waals surface area contributed by atoms with Crippen LogP contribution in [0.5, 0.6) is 0 Å². The van der Waals surface area contributed by atoms with Gasteiger partial charge in [0.25, 0.3) is 0 Å². The van der Waals surface area contributed by atoms with Crippen molar-refractivity contribution in [2.45, 2.75) is 70.3 Å². The van der Waals surface area contributed by atoms with Crippen molar-refractivity contribution in [1.29, 1.82) is 0 Å². The normalized spacial score (nSPS) is 57.4. The summed E-state index contributed by atoms with van der Waals surface area (Å²) in [5.74, 6) is 3.30. The minimum absolute atomic E-state index is 0.487. The third-order valence-corrected chi connectivity index (χ3v) is 6.83. The van der Waals surface area contributed by atoms with Gasteiger partial charge in [0.2, 0.25) is 0 Å². The van der Waals surface area contributed by atoms with Crippen molar-refractivity contribution in [1.82, 2.24) is 5.32 Å². The molecule has 0 aromatic rings. The van der Waals surface area contributed by atoms with Crippen LogP contribution in [0.2, 0.25) is 0 Å². The van der Waals surface area contributed by atoms with Gasteiger partial charge in [-0.1, -0.05) is 6.42 Å². The van der Waals surface area contributed by atoms with Crippen LogP contribution in [0, 0.1) is 23.2 Å². The Kier molecular flexibility index (Phi) is 2.23. The van der Waals surface area contributed by atoms with Gasteiger partial charge in [0, 0.05) is 5.54 Å². The third-order valence-electron chi connectivity index (χ3n) is 6.83. The summed E-state index contributed by atoms with van der Waals surface area (Å²) in [6, 6.07) is 0. The molecule has 1 heteroatoms. The smallest absolute Gasteiger partial charge is 0.0209 e. The molecule has 4 saturated carbocycles. The monoisotopic (exact) mass is 233 g/mol. The third kappa shape index (κ3) is 1.47. The van der Waals surface area contributed by atoms with Gasteiger partial charge >= 0.3 is 0 Å². The molecule has 1 aliphatic heterocycles. The van der Waals surface area contributed by atoms with Crippen LogP contribution in [0.4, 0.5) is 0 Å². The fourth-order valence-corrected chi connectivity index (χ4v) is 6.30. The van der Waals surface area contributed by atoms with E-state index in [9.17, 15) is 0 Å². The van der Waals surface area contributed by atoms with Crippen LogP contribution in [-0.4, -0.2) is 12.1 Å². The Bertz CT molecular complexity index is 278. The number of hydrogen-bond acceptors (Lipinski definition) is 1. The van der Waals surface area contributed by atoms with Gasteiger partial charge in [-0.15, -0.1) is 0 Å². The van der Waals surface area contributed by atoms with Gasteiger partial charge in [0.15, 0.2) is 0 Å². The van der Waals surface area contributed by atoms with Crippen LogP contribution in [0.25, 0.3) is 0 Å². The van der Waals surface area contributed by atoms with Crippen molar-refractivity contribution in [3.05, 3.63) is 0 Å². The number of hydrogen-bond donors (Lipinski definition) is 1. The van der Waals surface area contributed by atoms with E-state index in [1.165, 1.54) is 25.8 Å². The van der Waals surface area contributed by atoms with Gasteiger partial charge in [-0.25, -0.2) is 0 Å². The molecular formula is C16H27N. The molecule has 4 aliphatic carbocycles. The predicted octanol–water partition coefficient (Wildman–Crippen LogP) is 3.74. The van der Waals surface area contributed by atoms with E-state index >= 15 is 0 Å². The standard InChI is InChI=1S/C16H27N/c1-15(4-2-3-5-17-15)16-9-12-6-13(10-16)8-14(7-12)11-16/h12-14,17H,2-11H2,1H3. The fraction of sp³-hybridized carbons (Fsp3) is 1.00. The summed E-state index contributed by atoms with van der Waals surface area (Å²) >= 11 is 0. The molecule has 17 heavy (non-hydrogen) atoms. The van der Waals surface area contributed by atoms with Gasteiger partial charge in [-0.2, -0.15) is 0 Å². The molecule has 0 spiro atoms. The van der Waals surface area contributed by atoms with Crippen molar-refractivity contribution in [3.63, 3.8) is 0 Å². The summed E-state index contributed by atoms with van der Waals surface area (Å²) in [5.41, 5.74) is 1.18. The van der Waals surface area contributed by atoms with Crippen LogP contribution in [0.15, 0.2) is 0 Å². The molecule has 5 aliphatic rings. The molecule has 4 bridgehead atoms. The molecule has 1 heterocycles. The summed E-state index contributed by atoms with van der Waals surface area (Å²) in [4.78, 5) is 0. The first kappa shape index (κ1) is 10.8. The topological polar surface area (TPSA) is 12.0 Å². The van der Waals surface area contributed by atoms with Crippen molar-refractivity contribution < 1.29 is 0 Å². The van der Waals surface area contributed by atoms with E-state index in [4.69, 9.17) is 0 Å². The van der Waals surface area contributed by atoms with E-state index in [-0.39, 0.29) is 0 Å². The lowest BCUT2D eigenvalue weighted by Crippen LogP contribution is -2.64. The van der Waals surface area contributed by atoms with E-state index in [1.807, 2.05) is 0 Å². The summed E-state index contributed by atoms with van der Waals surface area (Å²) in [6.07, 6.45) is 13.7. The first-order valence-electron chi connectivity index (χ1n) is 7.94. The Hall–Kier alpha value is -0.0400. The van der Waals surface area contributed by atoms with Crippen LogP contribution in [-0.2, 0) is 0 Å². The average molecular weight is 233 g/mol. The molecular weight excluding hydrogens is 206 g/mol. The lowest BCUT2D eigenvalue weighted by Gasteiger charge is -2.64. The summed E-state index contributed by atoms with van der Waals surface area (Å²) in [6.45, 7) is 3.84. The second kappa shape index (κ2) is 3.50. The van der Waals surface area contributed by atoms with Gasteiger partial charge in [-0.05, 0) is 88.0 Å². The zero-order valence-electron chi connectivity index (χ0n) is 11.3. The first-order chi connectivity index (χ1) is 8.19. The average Bonchev–Trinajstić information content (AvgIpc) is 2.28. The fourth-order valence-electron chi connectivity index (χ4n) is 6.30. The van der Waals surface area contributed by atoms with Gasteiger partial charge in [0.05, 0.1) is 0 Å². The van der Waals surface area contributed by atoms with Crippen LogP contribution < -0.4 is 5.32 Å². The second-order valence-electron chi connectivity index (χ2n) is 7.91. The van der Waals surface area contributed by atoms with Crippen molar-refractivity contribution in [2.75, 3.05) is 6.54 Å². The Morgan fingerprint density at radius 2 is 1.47 bits per heavy atom. The minimum atomic E-state index is 0.487. The summed E-state index contributed by atoms with van der Waals surface area (Å²) in [7, 11) is 0. The molecule has 5 fully saturated rings. The van der Waals surface area contributed by atoms with E-state index < -0.39 is 0 Å². The molecule has 1 atom stereocenters. The number of rotatable bonds is 1. The summed E-state index contributed by atoms with van der Waals surface area (Å²) in [5, 5.41) is 3.95. The zero-order valence-corrected chi connectivity index (χ0v) is 11.3. The van der Waals surface area contributed by atoms with Gasteiger partial charge in [-0.3, -0.25) is 0 Å². The molecule has 96 valence electrons. The van der Waals surface area contributed by atoms with E-state index in [0.29, 0.717) is 11.0 Å². The number of nitrogens with one attached hydrogen (secondary N) is 1. The second-order valence-corrected chi connectivity index (χ2v) is 7.91. The van der Waals surface area contributed by atoms with Crippen molar-refractivity contribution in [3.8, 4) is 0 Å². The molecule has 1 N–H and O–H groups in total. The maximum absolute atomic E-state index is 3.95. The molecule has 1 nitrogen and oxygen atoms in total. The van der Waals surface area contributed by atoms with Crippen LogP contribution in [0.1, 0.15) is 64.7 Å². The molecule has 5 rings (SSSR count). The molecule has 0 aromatic carbocycles. The van der Waals surface area contributed by atoms with Crippen molar-refractivity contribution >= 4 is 0 Å². The summed E-state index contributed by atoms with van der Waals surface area (Å²) < 4.78 is 0. The molecule has 1 unspecified atom stereocenters. The van der Waals surface area contributed by atoms with Gasteiger partial charge < -0.3 is 5.32 Å². The maximum Gasteiger partial charge on any atom is 0.0209 e. The van der Waals surface area contributed by atoms with Gasteiger partial charge in [0.1, 0.15) is 0 Å². The SMILES string of the molecule is CC1(C23CC4CC(CC(C4)C2)C3)CCCCN1. The molecule has 0 radical (unpaired) electrons. The molecule has 0 amide bonds. The highest BCUT2D eigenvalue weighted by molar-refractivity contribution is 5.12. The predicted molar refractivity (Wildman–Crippen MR) is 70.9 cm³/mol. The highest BCUT2D eigenvalue weighted by Crippen LogP contribution is 2.64. The highest BCUT2D eigenvalue weighted by Gasteiger charge is 2.58. The van der Waals surface area contributed by atoms with Crippen LogP contribution in [0.3, 0.4) is 0 Å². The first-order valence-corrected chi connectivity index (χ1v) is 7.94. The largest absolute Gasteiger partial charge is 0.311 e. The Morgan fingerprint density at radius 3 is 1.94 bits per heavy atom. The lowest BCUT2D eigenvalue weighted by atomic mass is 9.44. The maximum atomic E-state index is 3.95. The minimum Gasteiger partial charge on any atom is -0.311 e.